The Hall–Kier alpha value is -2.22. The molecule has 0 saturated heterocycles. The zero-order valence-electron chi connectivity index (χ0n) is 12.1. The van der Waals surface area contributed by atoms with Crippen LogP contribution in [-0.2, 0) is 0 Å². The zero-order valence-corrected chi connectivity index (χ0v) is 12.1. The largest absolute Gasteiger partial charge is 0.361 e. The zero-order chi connectivity index (χ0) is 13.9. The maximum atomic E-state index is 3.65. The molecule has 4 rings (SSSR count). The number of anilines is 2. The van der Waals surface area contributed by atoms with Crippen LogP contribution in [-0.4, -0.2) is 13.2 Å². The molecule has 100 valence electrons. The van der Waals surface area contributed by atoms with Crippen LogP contribution in [0.3, 0.4) is 0 Å². The van der Waals surface area contributed by atoms with E-state index in [2.05, 4.69) is 73.6 Å². The van der Waals surface area contributed by atoms with Gasteiger partial charge in [-0.15, -0.1) is 0 Å². The van der Waals surface area contributed by atoms with E-state index in [0.29, 0.717) is 0 Å². The first kappa shape index (κ1) is 11.6. The van der Waals surface area contributed by atoms with E-state index >= 15 is 0 Å². The summed E-state index contributed by atoms with van der Waals surface area (Å²) in [6.45, 7) is 4.40. The molecule has 2 heteroatoms. The molecule has 2 heterocycles. The van der Waals surface area contributed by atoms with Crippen molar-refractivity contribution < 1.29 is 0 Å². The van der Waals surface area contributed by atoms with E-state index in [1.54, 1.807) is 0 Å². The molecule has 2 aliphatic rings. The summed E-state index contributed by atoms with van der Waals surface area (Å²) in [6.07, 6.45) is 0.252. The topological polar surface area (TPSA) is 15.3 Å². The van der Waals surface area contributed by atoms with Crippen LogP contribution in [0.15, 0.2) is 42.5 Å². The van der Waals surface area contributed by atoms with E-state index in [1.165, 1.54) is 39.2 Å². The number of fused-ring (bicyclic) bond motifs is 4. The molecule has 1 atom stereocenters. The van der Waals surface area contributed by atoms with Gasteiger partial charge in [0.05, 0.1) is 0 Å². The number of aryl methyl sites for hydroxylation is 1. The monoisotopic (exact) mass is 262 g/mol. The number of nitrogens with one attached hydrogen (secondary N) is 1. The number of likely N-dealkylation sites (N-methyl/N-ethyl adjacent to an activating group) is 1. The lowest BCUT2D eigenvalue weighted by Gasteiger charge is -2.35. The highest BCUT2D eigenvalue weighted by Crippen LogP contribution is 2.47. The van der Waals surface area contributed by atoms with Crippen molar-refractivity contribution >= 4 is 22.5 Å². The summed E-state index contributed by atoms with van der Waals surface area (Å²) in [7, 11) is 2.17. The van der Waals surface area contributed by atoms with Gasteiger partial charge in [0.1, 0.15) is 6.17 Å². The second-order valence-electron chi connectivity index (χ2n) is 5.76. The quantitative estimate of drug-likeness (QED) is 0.768. The van der Waals surface area contributed by atoms with Crippen molar-refractivity contribution in [2.75, 3.05) is 17.3 Å². The van der Waals surface area contributed by atoms with E-state index in [1.807, 2.05) is 0 Å². The highest BCUT2D eigenvalue weighted by molar-refractivity contribution is 6.05. The second kappa shape index (κ2) is 3.89. The number of hydrogen-bond donors (Lipinski definition) is 1. The van der Waals surface area contributed by atoms with Gasteiger partial charge < -0.3 is 10.2 Å². The van der Waals surface area contributed by atoms with Crippen LogP contribution in [0.2, 0.25) is 0 Å². The molecule has 0 saturated carbocycles. The Morgan fingerprint density at radius 3 is 2.65 bits per heavy atom. The molecule has 0 bridgehead atoms. The molecule has 1 N–H and O–H groups in total. The van der Waals surface area contributed by atoms with Gasteiger partial charge in [0.2, 0.25) is 0 Å². The summed E-state index contributed by atoms with van der Waals surface area (Å²) in [6, 6.07) is 15.3. The number of para-hydroxylation sites is 1. The van der Waals surface area contributed by atoms with Crippen LogP contribution in [0.1, 0.15) is 23.6 Å². The molecule has 0 aliphatic carbocycles. The summed E-state index contributed by atoms with van der Waals surface area (Å²) >= 11 is 0. The van der Waals surface area contributed by atoms with Crippen LogP contribution in [0, 0.1) is 6.92 Å². The maximum Gasteiger partial charge on any atom is 0.126 e. The summed E-state index contributed by atoms with van der Waals surface area (Å²) < 4.78 is 0. The van der Waals surface area contributed by atoms with E-state index in [9.17, 15) is 0 Å². The van der Waals surface area contributed by atoms with Crippen LogP contribution in [0.25, 0.3) is 11.1 Å². The summed E-state index contributed by atoms with van der Waals surface area (Å²) in [5, 5.41) is 3.65. The fourth-order valence-electron chi connectivity index (χ4n) is 3.45. The number of benzene rings is 2. The van der Waals surface area contributed by atoms with Gasteiger partial charge in [-0.25, -0.2) is 0 Å². The van der Waals surface area contributed by atoms with Gasteiger partial charge in [-0.1, -0.05) is 29.8 Å². The lowest BCUT2D eigenvalue weighted by molar-refractivity contribution is 0.862. The Balaban J connectivity index is 2.01. The van der Waals surface area contributed by atoms with Crippen LogP contribution >= 0.6 is 0 Å². The molecule has 2 aromatic carbocycles. The number of allylic oxidation sites excluding steroid dienone is 1. The van der Waals surface area contributed by atoms with E-state index < -0.39 is 0 Å². The maximum absolute atomic E-state index is 3.65. The summed E-state index contributed by atoms with van der Waals surface area (Å²) in [5.74, 6) is 0. The minimum absolute atomic E-state index is 0.252. The second-order valence-corrected chi connectivity index (χ2v) is 5.76. The summed E-state index contributed by atoms with van der Waals surface area (Å²) in [4.78, 5) is 2.34. The first-order chi connectivity index (χ1) is 9.66. The molecule has 2 nitrogen and oxygen atoms in total. The third-order valence-corrected chi connectivity index (χ3v) is 4.51. The highest BCUT2D eigenvalue weighted by atomic mass is 15.3. The fraction of sp³-hybridized carbons (Fsp3) is 0.222. The van der Waals surface area contributed by atoms with Crippen molar-refractivity contribution in [1.29, 1.82) is 0 Å². The Morgan fingerprint density at radius 1 is 1.00 bits per heavy atom. The molecule has 20 heavy (non-hydrogen) atoms. The van der Waals surface area contributed by atoms with E-state index in [4.69, 9.17) is 0 Å². The standard InChI is InChI=1S/C18H18N2/c1-11-8-9-15-14(10-11)17-12(2)13-6-4-5-7-16(13)20(3)18(17)19-15/h4-10,18-19H,1-3H3. The molecule has 0 amide bonds. The molecular weight excluding hydrogens is 244 g/mol. The first-order valence-electron chi connectivity index (χ1n) is 7.07. The van der Waals surface area contributed by atoms with Crippen molar-refractivity contribution in [1.82, 2.24) is 0 Å². The minimum Gasteiger partial charge on any atom is -0.361 e. The van der Waals surface area contributed by atoms with E-state index in [0.717, 1.165) is 0 Å². The molecule has 0 aromatic heterocycles. The normalized spacial score (nSPS) is 19.4. The Labute approximate surface area is 119 Å². The van der Waals surface area contributed by atoms with Crippen LogP contribution < -0.4 is 10.2 Å². The van der Waals surface area contributed by atoms with Crippen LogP contribution in [0.4, 0.5) is 11.4 Å². The predicted molar refractivity (Wildman–Crippen MR) is 85.9 cm³/mol. The van der Waals surface area contributed by atoms with Gasteiger partial charge in [0.25, 0.3) is 0 Å². The Bertz CT molecular complexity index is 743. The Morgan fingerprint density at radius 2 is 1.80 bits per heavy atom. The van der Waals surface area contributed by atoms with Gasteiger partial charge in [-0.3, -0.25) is 0 Å². The minimum atomic E-state index is 0.252. The van der Waals surface area contributed by atoms with Crippen LogP contribution in [0.5, 0.6) is 0 Å². The van der Waals surface area contributed by atoms with Crippen molar-refractivity contribution in [3.05, 3.63) is 59.2 Å². The first-order valence-corrected chi connectivity index (χ1v) is 7.07. The molecule has 2 aromatic rings. The lowest BCUT2D eigenvalue weighted by atomic mass is 9.90. The predicted octanol–water partition coefficient (Wildman–Crippen LogP) is 4.13. The fourth-order valence-corrected chi connectivity index (χ4v) is 3.45. The average Bonchev–Trinajstić information content (AvgIpc) is 2.84. The molecule has 0 fully saturated rings. The lowest BCUT2D eigenvalue weighted by Crippen LogP contribution is -2.38. The molecule has 1 unspecified atom stereocenters. The number of nitrogens with zero attached hydrogens (tertiary/aromatic N) is 1. The number of hydrogen-bond acceptors (Lipinski definition) is 2. The molecule has 0 radical (unpaired) electrons. The van der Waals surface area contributed by atoms with Crippen molar-refractivity contribution in [2.24, 2.45) is 0 Å². The third-order valence-electron chi connectivity index (χ3n) is 4.51. The number of rotatable bonds is 0. The average molecular weight is 262 g/mol. The van der Waals surface area contributed by atoms with Gasteiger partial charge in [0.15, 0.2) is 0 Å². The van der Waals surface area contributed by atoms with Gasteiger partial charge in [-0.2, -0.15) is 0 Å². The third kappa shape index (κ3) is 1.39. The van der Waals surface area contributed by atoms with Crippen molar-refractivity contribution in [3.63, 3.8) is 0 Å². The molecular formula is C18H18N2. The van der Waals surface area contributed by atoms with Gasteiger partial charge >= 0.3 is 0 Å². The smallest absolute Gasteiger partial charge is 0.126 e. The SMILES string of the molecule is CC1=C2c3cc(C)ccc3NC2N(C)c2ccccc21. The highest BCUT2D eigenvalue weighted by Gasteiger charge is 2.35. The summed E-state index contributed by atoms with van der Waals surface area (Å²) in [5.41, 5.74) is 9.37. The Kier molecular flexibility index (Phi) is 2.25. The van der Waals surface area contributed by atoms with Gasteiger partial charge in [-0.05, 0) is 37.6 Å². The van der Waals surface area contributed by atoms with Gasteiger partial charge in [0, 0.05) is 35.1 Å². The van der Waals surface area contributed by atoms with Crippen molar-refractivity contribution in [2.45, 2.75) is 20.0 Å². The molecule has 2 aliphatic heterocycles. The molecule has 0 spiro atoms. The van der Waals surface area contributed by atoms with E-state index in [-0.39, 0.29) is 6.17 Å². The van der Waals surface area contributed by atoms with Crippen molar-refractivity contribution in [3.8, 4) is 0 Å².